The van der Waals surface area contributed by atoms with Gasteiger partial charge in [-0.05, 0) is 54.8 Å². The lowest BCUT2D eigenvalue weighted by molar-refractivity contribution is -0.117. The van der Waals surface area contributed by atoms with Crippen LogP contribution in [-0.4, -0.2) is 22.2 Å². The van der Waals surface area contributed by atoms with Gasteiger partial charge in [0.05, 0.1) is 0 Å². The Morgan fingerprint density at radius 3 is 2.16 bits per heavy atom. The lowest BCUT2D eigenvalue weighted by Crippen LogP contribution is -2.28. The molecule has 0 radical (unpaired) electrons. The normalized spacial score (nSPS) is 13.1. The summed E-state index contributed by atoms with van der Waals surface area (Å²) >= 11 is 0. The van der Waals surface area contributed by atoms with Crippen molar-refractivity contribution in [1.29, 1.82) is 0 Å². The number of carbonyl (C=O) groups is 2. The molecule has 0 spiro atoms. The lowest BCUT2D eigenvalue weighted by Gasteiger charge is -2.09. The molecule has 0 saturated heterocycles. The Morgan fingerprint density at radius 2 is 1.56 bits per heavy atom. The summed E-state index contributed by atoms with van der Waals surface area (Å²) in [4.78, 5) is 23.6. The quantitative estimate of drug-likeness (QED) is 0.539. The lowest BCUT2D eigenvalue weighted by atomic mass is 10.2. The zero-order chi connectivity index (χ0) is 17.8. The van der Waals surface area contributed by atoms with Crippen molar-refractivity contribution in [3.05, 3.63) is 48.0 Å². The number of phenols is 2. The second kappa shape index (κ2) is 7.12. The highest BCUT2D eigenvalue weighted by Crippen LogP contribution is 2.30. The Labute approximate surface area is 144 Å². The summed E-state index contributed by atoms with van der Waals surface area (Å²) in [6, 6.07) is 10.8. The molecule has 1 fully saturated rings. The number of aromatic hydroxyl groups is 2. The van der Waals surface area contributed by atoms with E-state index in [4.69, 9.17) is 0 Å². The summed E-state index contributed by atoms with van der Waals surface area (Å²) in [5.74, 6) is -0.260. The Balaban J connectivity index is 1.48. The number of urea groups is 1. The fraction of sp³-hybridized carbons (Fsp3) is 0.222. The zero-order valence-electron chi connectivity index (χ0n) is 13.5. The molecule has 1 aliphatic rings. The first-order valence-corrected chi connectivity index (χ1v) is 7.98. The largest absolute Gasteiger partial charge is 0.504 e. The van der Waals surface area contributed by atoms with Gasteiger partial charge in [-0.3, -0.25) is 4.79 Å². The van der Waals surface area contributed by atoms with Gasteiger partial charge < -0.3 is 26.2 Å². The van der Waals surface area contributed by atoms with Gasteiger partial charge in [-0.2, -0.15) is 0 Å². The highest BCUT2D eigenvalue weighted by Gasteiger charge is 2.29. The SMILES string of the molecule is O=C(NCc1ccc(O)c(O)c1)Nc1ccc(NC(=O)C2CC2)cc1. The number of nitrogens with one attached hydrogen (secondary N) is 3. The summed E-state index contributed by atoms with van der Waals surface area (Å²) in [6.45, 7) is 0.204. The van der Waals surface area contributed by atoms with Crippen molar-refractivity contribution in [3.8, 4) is 11.5 Å². The van der Waals surface area contributed by atoms with Gasteiger partial charge in [0, 0.05) is 23.8 Å². The average molecular weight is 341 g/mol. The minimum absolute atomic E-state index is 0.0376. The molecule has 25 heavy (non-hydrogen) atoms. The van der Waals surface area contributed by atoms with Gasteiger partial charge in [0.2, 0.25) is 5.91 Å². The second-order valence-corrected chi connectivity index (χ2v) is 5.97. The first kappa shape index (κ1) is 16.6. The maximum Gasteiger partial charge on any atom is 0.319 e. The van der Waals surface area contributed by atoms with Crippen LogP contribution in [0, 0.1) is 5.92 Å². The molecule has 3 amide bonds. The Kier molecular flexibility index (Phi) is 4.74. The van der Waals surface area contributed by atoms with E-state index in [1.807, 2.05) is 0 Å². The van der Waals surface area contributed by atoms with Gasteiger partial charge >= 0.3 is 6.03 Å². The van der Waals surface area contributed by atoms with E-state index in [2.05, 4.69) is 16.0 Å². The predicted octanol–water partition coefficient (Wildman–Crippen LogP) is 2.77. The maximum atomic E-state index is 11.9. The van der Waals surface area contributed by atoms with Crippen LogP contribution in [0.1, 0.15) is 18.4 Å². The molecule has 0 aromatic heterocycles. The van der Waals surface area contributed by atoms with E-state index in [-0.39, 0.29) is 29.9 Å². The standard InChI is InChI=1S/C18H19N3O4/c22-15-8-1-11(9-16(15)23)10-19-18(25)21-14-6-4-13(5-7-14)20-17(24)12-2-3-12/h1,4-9,12,22-23H,2-3,10H2,(H,20,24)(H2,19,21,25). The molecule has 7 heteroatoms. The first-order chi connectivity index (χ1) is 12.0. The van der Waals surface area contributed by atoms with Crippen molar-refractivity contribution in [1.82, 2.24) is 5.32 Å². The van der Waals surface area contributed by atoms with Gasteiger partial charge in [0.1, 0.15) is 0 Å². The zero-order valence-corrected chi connectivity index (χ0v) is 13.5. The van der Waals surface area contributed by atoms with Gasteiger partial charge in [-0.15, -0.1) is 0 Å². The van der Waals surface area contributed by atoms with E-state index in [0.29, 0.717) is 16.9 Å². The summed E-state index contributed by atoms with van der Waals surface area (Å²) < 4.78 is 0. The van der Waals surface area contributed by atoms with Crippen LogP contribution in [0.2, 0.25) is 0 Å². The summed E-state index contributed by atoms with van der Waals surface area (Å²) in [5, 5.41) is 26.8. The topological polar surface area (TPSA) is 111 Å². The summed E-state index contributed by atoms with van der Waals surface area (Å²) in [6.07, 6.45) is 1.90. The number of rotatable bonds is 5. The first-order valence-electron chi connectivity index (χ1n) is 7.98. The highest BCUT2D eigenvalue weighted by molar-refractivity contribution is 5.94. The molecule has 7 nitrogen and oxygen atoms in total. The molecule has 0 bridgehead atoms. The summed E-state index contributed by atoms with van der Waals surface area (Å²) in [5.41, 5.74) is 1.95. The van der Waals surface area contributed by atoms with E-state index in [9.17, 15) is 19.8 Å². The maximum absolute atomic E-state index is 11.9. The van der Waals surface area contributed by atoms with Crippen LogP contribution < -0.4 is 16.0 Å². The predicted molar refractivity (Wildman–Crippen MR) is 93.4 cm³/mol. The molecule has 3 rings (SSSR count). The minimum Gasteiger partial charge on any atom is -0.504 e. The van der Waals surface area contributed by atoms with Gasteiger partial charge in [0.25, 0.3) is 0 Å². The smallest absolute Gasteiger partial charge is 0.319 e. The van der Waals surface area contributed by atoms with Crippen molar-refractivity contribution >= 4 is 23.3 Å². The van der Waals surface area contributed by atoms with Gasteiger partial charge in [-0.1, -0.05) is 6.07 Å². The van der Waals surface area contributed by atoms with E-state index in [1.165, 1.54) is 12.1 Å². The molecule has 1 saturated carbocycles. The van der Waals surface area contributed by atoms with Crippen LogP contribution in [0.4, 0.5) is 16.2 Å². The summed E-state index contributed by atoms with van der Waals surface area (Å²) in [7, 11) is 0. The molecule has 1 aliphatic carbocycles. The molecule has 130 valence electrons. The number of anilines is 2. The van der Waals surface area contributed by atoms with Gasteiger partial charge in [-0.25, -0.2) is 4.79 Å². The van der Waals surface area contributed by atoms with Crippen LogP contribution in [0.3, 0.4) is 0 Å². The third kappa shape index (κ3) is 4.63. The number of phenolic OH excluding ortho intramolecular Hbond substituents is 2. The highest BCUT2D eigenvalue weighted by atomic mass is 16.3. The van der Waals surface area contributed by atoms with E-state index in [0.717, 1.165) is 12.8 Å². The van der Waals surface area contributed by atoms with Crippen molar-refractivity contribution in [3.63, 3.8) is 0 Å². The van der Waals surface area contributed by atoms with Crippen molar-refractivity contribution in [2.24, 2.45) is 5.92 Å². The van der Waals surface area contributed by atoms with Gasteiger partial charge in [0.15, 0.2) is 11.5 Å². The molecule has 0 heterocycles. The fourth-order valence-corrected chi connectivity index (χ4v) is 2.26. The number of hydrogen-bond acceptors (Lipinski definition) is 4. The van der Waals surface area contributed by atoms with Crippen LogP contribution in [0.15, 0.2) is 42.5 Å². The number of hydrogen-bond donors (Lipinski definition) is 5. The Bertz CT molecular complexity index is 785. The molecular formula is C18H19N3O4. The van der Waals surface area contributed by atoms with E-state index in [1.54, 1.807) is 30.3 Å². The van der Waals surface area contributed by atoms with E-state index < -0.39 is 6.03 Å². The monoisotopic (exact) mass is 341 g/mol. The third-order valence-corrected chi connectivity index (χ3v) is 3.85. The molecule has 2 aromatic carbocycles. The minimum atomic E-state index is -0.401. The van der Waals surface area contributed by atoms with Crippen LogP contribution >= 0.6 is 0 Å². The van der Waals surface area contributed by atoms with Crippen LogP contribution in [0.5, 0.6) is 11.5 Å². The third-order valence-electron chi connectivity index (χ3n) is 3.85. The molecular weight excluding hydrogens is 322 g/mol. The van der Waals surface area contributed by atoms with Crippen molar-refractivity contribution in [2.45, 2.75) is 19.4 Å². The molecule has 0 aliphatic heterocycles. The van der Waals surface area contributed by atoms with Crippen molar-refractivity contribution in [2.75, 3.05) is 10.6 Å². The molecule has 2 aromatic rings. The Hall–Kier alpha value is -3.22. The Morgan fingerprint density at radius 1 is 0.920 bits per heavy atom. The van der Waals surface area contributed by atoms with Crippen LogP contribution in [-0.2, 0) is 11.3 Å². The number of carbonyl (C=O) groups excluding carboxylic acids is 2. The van der Waals surface area contributed by atoms with Crippen LogP contribution in [0.25, 0.3) is 0 Å². The second-order valence-electron chi connectivity index (χ2n) is 5.97. The fourth-order valence-electron chi connectivity index (χ4n) is 2.26. The molecule has 0 unspecified atom stereocenters. The van der Waals surface area contributed by atoms with E-state index >= 15 is 0 Å². The van der Waals surface area contributed by atoms with Crippen molar-refractivity contribution < 1.29 is 19.8 Å². The number of benzene rings is 2. The number of amides is 3. The average Bonchev–Trinajstić information content (AvgIpc) is 3.43. The molecule has 0 atom stereocenters. The molecule has 5 N–H and O–H groups in total.